The smallest absolute Gasteiger partial charge is 0.0400 e. The van der Waals surface area contributed by atoms with Crippen LogP contribution in [-0.2, 0) is 0 Å². The van der Waals surface area contributed by atoms with Gasteiger partial charge in [-0.3, -0.25) is 0 Å². The standard InChI is InChI=1S/C17H37N3/c1-3-5-7-12-16-19-20(18-15-11-6-4-2)17-13-9-8-10-14-17/h17-19H,3-16H2,1-2H3. The van der Waals surface area contributed by atoms with E-state index in [1.807, 2.05) is 0 Å². The predicted molar refractivity (Wildman–Crippen MR) is 88.4 cm³/mol. The third kappa shape index (κ3) is 8.23. The van der Waals surface area contributed by atoms with Crippen LogP contribution in [0.25, 0.3) is 0 Å². The van der Waals surface area contributed by atoms with Gasteiger partial charge in [0.25, 0.3) is 0 Å². The van der Waals surface area contributed by atoms with Crippen LogP contribution in [-0.4, -0.2) is 24.2 Å². The van der Waals surface area contributed by atoms with Gasteiger partial charge in [-0.25, -0.2) is 10.9 Å². The first-order chi connectivity index (χ1) is 9.88. The molecule has 0 heterocycles. The Labute approximate surface area is 126 Å². The van der Waals surface area contributed by atoms with E-state index in [0.29, 0.717) is 6.04 Å². The summed E-state index contributed by atoms with van der Waals surface area (Å²) < 4.78 is 0. The van der Waals surface area contributed by atoms with Gasteiger partial charge in [-0.15, -0.1) is 0 Å². The van der Waals surface area contributed by atoms with Crippen LogP contribution in [0.2, 0.25) is 0 Å². The molecule has 0 radical (unpaired) electrons. The zero-order valence-electron chi connectivity index (χ0n) is 13.9. The number of hydrogen-bond donors (Lipinski definition) is 2. The average Bonchev–Trinajstić information content (AvgIpc) is 2.50. The first-order valence-electron chi connectivity index (χ1n) is 9.14. The molecule has 2 N–H and O–H groups in total. The molecule has 0 unspecified atom stereocenters. The highest BCUT2D eigenvalue weighted by atomic mass is 15.7. The molecular formula is C17H37N3. The Kier molecular flexibility index (Phi) is 11.3. The van der Waals surface area contributed by atoms with Crippen LogP contribution in [0.3, 0.4) is 0 Å². The van der Waals surface area contributed by atoms with Crippen LogP contribution in [0.15, 0.2) is 0 Å². The van der Waals surface area contributed by atoms with Crippen molar-refractivity contribution in [3.05, 3.63) is 0 Å². The minimum absolute atomic E-state index is 0.705. The Morgan fingerprint density at radius 3 is 1.90 bits per heavy atom. The normalized spacial score (nSPS) is 16.9. The van der Waals surface area contributed by atoms with Crippen molar-refractivity contribution in [3.8, 4) is 0 Å². The van der Waals surface area contributed by atoms with Crippen LogP contribution in [0, 0.1) is 0 Å². The number of unbranched alkanes of at least 4 members (excludes halogenated alkanes) is 5. The minimum atomic E-state index is 0.705. The molecule has 3 heteroatoms. The molecule has 0 aromatic heterocycles. The van der Waals surface area contributed by atoms with Crippen molar-refractivity contribution >= 4 is 0 Å². The van der Waals surface area contributed by atoms with E-state index in [4.69, 9.17) is 0 Å². The van der Waals surface area contributed by atoms with Gasteiger partial charge in [-0.05, 0) is 25.7 Å². The van der Waals surface area contributed by atoms with Gasteiger partial charge in [-0.1, -0.05) is 65.2 Å². The van der Waals surface area contributed by atoms with Gasteiger partial charge in [0, 0.05) is 19.1 Å². The summed E-state index contributed by atoms with van der Waals surface area (Å²) in [7, 11) is 0. The van der Waals surface area contributed by atoms with Crippen LogP contribution < -0.4 is 10.9 Å². The topological polar surface area (TPSA) is 27.3 Å². The Morgan fingerprint density at radius 2 is 1.30 bits per heavy atom. The second-order valence-electron chi connectivity index (χ2n) is 6.25. The maximum atomic E-state index is 3.65. The second-order valence-corrected chi connectivity index (χ2v) is 6.25. The van der Waals surface area contributed by atoms with Crippen molar-refractivity contribution in [2.24, 2.45) is 0 Å². The highest BCUT2D eigenvalue weighted by molar-refractivity contribution is 4.71. The molecule has 0 spiro atoms. The number of hydrazine groups is 2. The SMILES string of the molecule is CCCCCCNN(NCCCCC)C1CCCCC1. The molecule has 20 heavy (non-hydrogen) atoms. The van der Waals surface area contributed by atoms with E-state index < -0.39 is 0 Å². The Bertz CT molecular complexity index is 202. The molecule has 0 aliphatic heterocycles. The monoisotopic (exact) mass is 283 g/mol. The van der Waals surface area contributed by atoms with Crippen molar-refractivity contribution in [1.82, 2.24) is 16.0 Å². The summed E-state index contributed by atoms with van der Waals surface area (Å²) in [4.78, 5) is 0. The van der Waals surface area contributed by atoms with Gasteiger partial charge in [0.15, 0.2) is 0 Å². The molecule has 120 valence electrons. The third-order valence-corrected chi connectivity index (χ3v) is 4.31. The maximum Gasteiger partial charge on any atom is 0.0400 e. The van der Waals surface area contributed by atoms with Crippen molar-refractivity contribution in [2.75, 3.05) is 13.1 Å². The summed E-state index contributed by atoms with van der Waals surface area (Å²) in [5.74, 6) is 0. The van der Waals surface area contributed by atoms with Crippen molar-refractivity contribution in [2.45, 2.75) is 96.9 Å². The molecule has 1 fully saturated rings. The molecule has 0 bridgehead atoms. The quantitative estimate of drug-likeness (QED) is 0.410. The molecule has 0 aromatic carbocycles. The van der Waals surface area contributed by atoms with E-state index in [2.05, 4.69) is 29.8 Å². The summed E-state index contributed by atoms with van der Waals surface area (Å²) in [6.45, 7) is 6.78. The largest absolute Gasteiger partial charge is 0.241 e. The molecule has 0 saturated heterocycles. The number of hydrogen-bond acceptors (Lipinski definition) is 3. The molecule has 1 saturated carbocycles. The summed E-state index contributed by atoms with van der Waals surface area (Å²) in [6, 6.07) is 0.705. The predicted octanol–water partition coefficient (Wildman–Crippen LogP) is 4.40. The lowest BCUT2D eigenvalue weighted by Crippen LogP contribution is -2.55. The number of nitrogens with zero attached hydrogens (tertiary/aromatic N) is 1. The molecule has 3 nitrogen and oxygen atoms in total. The number of nitrogens with one attached hydrogen (secondary N) is 2. The van der Waals surface area contributed by atoms with Crippen LogP contribution in [0.5, 0.6) is 0 Å². The Morgan fingerprint density at radius 1 is 0.750 bits per heavy atom. The summed E-state index contributed by atoms with van der Waals surface area (Å²) in [5, 5.41) is 2.36. The second kappa shape index (κ2) is 12.6. The Hall–Kier alpha value is -0.120. The highest BCUT2D eigenvalue weighted by Crippen LogP contribution is 2.20. The van der Waals surface area contributed by atoms with Gasteiger partial charge >= 0.3 is 0 Å². The van der Waals surface area contributed by atoms with Gasteiger partial charge in [0.05, 0.1) is 0 Å². The molecule has 0 amide bonds. The first-order valence-corrected chi connectivity index (χ1v) is 9.14. The average molecular weight is 284 g/mol. The zero-order valence-corrected chi connectivity index (χ0v) is 13.9. The van der Waals surface area contributed by atoms with Crippen molar-refractivity contribution < 1.29 is 0 Å². The van der Waals surface area contributed by atoms with Gasteiger partial charge in [-0.2, -0.15) is 5.12 Å². The van der Waals surface area contributed by atoms with Crippen LogP contribution in [0.4, 0.5) is 0 Å². The molecule has 1 rings (SSSR count). The zero-order chi connectivity index (χ0) is 14.5. The molecule has 0 aromatic rings. The molecule has 1 aliphatic carbocycles. The Balaban J connectivity index is 2.22. The highest BCUT2D eigenvalue weighted by Gasteiger charge is 2.20. The lowest BCUT2D eigenvalue weighted by atomic mass is 9.96. The minimum Gasteiger partial charge on any atom is -0.241 e. The van der Waals surface area contributed by atoms with E-state index in [0.717, 1.165) is 13.1 Å². The fourth-order valence-corrected chi connectivity index (χ4v) is 2.98. The summed E-state index contributed by atoms with van der Waals surface area (Å²) >= 11 is 0. The van der Waals surface area contributed by atoms with E-state index in [9.17, 15) is 0 Å². The van der Waals surface area contributed by atoms with Gasteiger partial charge in [0.1, 0.15) is 0 Å². The van der Waals surface area contributed by atoms with Crippen LogP contribution >= 0.6 is 0 Å². The van der Waals surface area contributed by atoms with Crippen molar-refractivity contribution in [3.63, 3.8) is 0 Å². The molecule has 0 atom stereocenters. The number of rotatable bonds is 12. The first kappa shape index (κ1) is 17.9. The van der Waals surface area contributed by atoms with Gasteiger partial charge < -0.3 is 0 Å². The van der Waals surface area contributed by atoms with Crippen molar-refractivity contribution in [1.29, 1.82) is 0 Å². The van der Waals surface area contributed by atoms with E-state index in [-0.39, 0.29) is 0 Å². The van der Waals surface area contributed by atoms with E-state index in [1.165, 1.54) is 77.0 Å². The molecule has 1 aliphatic rings. The van der Waals surface area contributed by atoms with Gasteiger partial charge in [0.2, 0.25) is 0 Å². The summed E-state index contributed by atoms with van der Waals surface area (Å²) in [5.41, 5.74) is 7.28. The third-order valence-electron chi connectivity index (χ3n) is 4.31. The lowest BCUT2D eigenvalue weighted by molar-refractivity contribution is 0.0366. The molecular weight excluding hydrogens is 246 g/mol. The summed E-state index contributed by atoms with van der Waals surface area (Å²) in [6.07, 6.45) is 16.2. The van der Waals surface area contributed by atoms with E-state index in [1.54, 1.807) is 0 Å². The lowest BCUT2D eigenvalue weighted by Gasteiger charge is -2.35. The van der Waals surface area contributed by atoms with Crippen LogP contribution in [0.1, 0.15) is 90.9 Å². The fraction of sp³-hybridized carbons (Fsp3) is 1.00. The fourth-order valence-electron chi connectivity index (χ4n) is 2.98. The maximum absolute atomic E-state index is 3.65. The van der Waals surface area contributed by atoms with E-state index >= 15 is 0 Å².